The second kappa shape index (κ2) is 7.36. The summed E-state index contributed by atoms with van der Waals surface area (Å²) in [6.45, 7) is 4.83. The van der Waals surface area contributed by atoms with Gasteiger partial charge in [0.25, 0.3) is 0 Å². The van der Waals surface area contributed by atoms with Gasteiger partial charge in [-0.05, 0) is 37.4 Å². The molecular formula is C15H24N2O2. The Balaban J connectivity index is 1.70. The molecule has 1 unspecified atom stereocenters. The third-order valence-electron chi connectivity index (χ3n) is 3.54. The standard InChI is InChI=1S/C15H24N2O2/c1-18-12-13-4-3-7-17(11-13)8-9-19-15-6-2-5-14(16)10-15/h2,5-6,10,13H,3-4,7-9,11-12,16H2,1H3. The highest BCUT2D eigenvalue weighted by Gasteiger charge is 2.19. The molecular weight excluding hydrogens is 240 g/mol. The second-order valence-electron chi connectivity index (χ2n) is 5.19. The van der Waals surface area contributed by atoms with Crippen molar-refractivity contribution >= 4 is 5.69 Å². The molecule has 0 spiro atoms. The smallest absolute Gasteiger partial charge is 0.121 e. The van der Waals surface area contributed by atoms with E-state index in [1.807, 2.05) is 24.3 Å². The lowest BCUT2D eigenvalue weighted by Crippen LogP contribution is -2.39. The minimum Gasteiger partial charge on any atom is -0.492 e. The van der Waals surface area contributed by atoms with Crippen LogP contribution in [-0.4, -0.2) is 44.9 Å². The Morgan fingerprint density at radius 1 is 1.42 bits per heavy atom. The molecule has 0 amide bonds. The number of rotatable bonds is 6. The first-order valence-corrected chi connectivity index (χ1v) is 6.97. The number of hydrogen-bond acceptors (Lipinski definition) is 4. The fourth-order valence-electron chi connectivity index (χ4n) is 2.62. The summed E-state index contributed by atoms with van der Waals surface area (Å²) in [5.41, 5.74) is 6.47. The van der Waals surface area contributed by atoms with E-state index in [9.17, 15) is 0 Å². The highest BCUT2D eigenvalue weighted by molar-refractivity contribution is 5.43. The molecule has 1 aliphatic rings. The van der Waals surface area contributed by atoms with E-state index < -0.39 is 0 Å². The van der Waals surface area contributed by atoms with Crippen LogP contribution >= 0.6 is 0 Å². The maximum Gasteiger partial charge on any atom is 0.121 e. The zero-order valence-electron chi connectivity index (χ0n) is 11.7. The van der Waals surface area contributed by atoms with Gasteiger partial charge in [0.1, 0.15) is 12.4 Å². The van der Waals surface area contributed by atoms with Crippen molar-refractivity contribution < 1.29 is 9.47 Å². The van der Waals surface area contributed by atoms with Crippen LogP contribution in [0.4, 0.5) is 5.69 Å². The quantitative estimate of drug-likeness (QED) is 0.798. The van der Waals surface area contributed by atoms with Crippen LogP contribution in [0.1, 0.15) is 12.8 Å². The topological polar surface area (TPSA) is 47.7 Å². The molecule has 1 heterocycles. The lowest BCUT2D eigenvalue weighted by Gasteiger charge is -2.32. The fourth-order valence-corrected chi connectivity index (χ4v) is 2.62. The molecule has 1 atom stereocenters. The molecule has 0 aromatic heterocycles. The van der Waals surface area contributed by atoms with Gasteiger partial charge in [-0.15, -0.1) is 0 Å². The summed E-state index contributed by atoms with van der Waals surface area (Å²) in [7, 11) is 1.78. The van der Waals surface area contributed by atoms with E-state index in [0.29, 0.717) is 12.5 Å². The summed E-state index contributed by atoms with van der Waals surface area (Å²) < 4.78 is 11.0. The first-order valence-electron chi connectivity index (χ1n) is 6.97. The number of nitrogen functional groups attached to an aromatic ring is 1. The predicted octanol–water partition coefficient (Wildman–Crippen LogP) is 2.01. The van der Waals surface area contributed by atoms with Gasteiger partial charge in [-0.3, -0.25) is 4.90 Å². The molecule has 1 aromatic carbocycles. The minimum atomic E-state index is 0.672. The van der Waals surface area contributed by atoms with Gasteiger partial charge < -0.3 is 15.2 Å². The van der Waals surface area contributed by atoms with Crippen molar-refractivity contribution in [1.82, 2.24) is 4.90 Å². The summed E-state index contributed by atoms with van der Waals surface area (Å²) in [6.07, 6.45) is 2.53. The van der Waals surface area contributed by atoms with E-state index in [-0.39, 0.29) is 0 Å². The number of benzene rings is 1. The molecule has 0 bridgehead atoms. The van der Waals surface area contributed by atoms with Crippen LogP contribution in [0.15, 0.2) is 24.3 Å². The van der Waals surface area contributed by atoms with E-state index in [2.05, 4.69) is 4.90 Å². The number of hydrogen-bond donors (Lipinski definition) is 1. The summed E-state index contributed by atoms with van der Waals surface area (Å²) >= 11 is 0. The Bertz CT molecular complexity index is 382. The molecule has 2 rings (SSSR count). The molecule has 1 fully saturated rings. The molecule has 106 valence electrons. The number of likely N-dealkylation sites (tertiary alicyclic amines) is 1. The fraction of sp³-hybridized carbons (Fsp3) is 0.600. The lowest BCUT2D eigenvalue weighted by atomic mass is 9.99. The number of anilines is 1. The molecule has 0 radical (unpaired) electrons. The van der Waals surface area contributed by atoms with Gasteiger partial charge >= 0.3 is 0 Å². The average Bonchev–Trinajstić information content (AvgIpc) is 2.40. The Hall–Kier alpha value is -1.26. The van der Waals surface area contributed by atoms with Crippen molar-refractivity contribution in [2.75, 3.05) is 45.7 Å². The van der Waals surface area contributed by atoms with Gasteiger partial charge in [0.2, 0.25) is 0 Å². The van der Waals surface area contributed by atoms with E-state index in [1.165, 1.54) is 19.4 Å². The van der Waals surface area contributed by atoms with Crippen LogP contribution < -0.4 is 10.5 Å². The Labute approximate surface area is 115 Å². The van der Waals surface area contributed by atoms with Crippen molar-refractivity contribution in [3.8, 4) is 5.75 Å². The van der Waals surface area contributed by atoms with E-state index in [1.54, 1.807) is 7.11 Å². The summed E-state index contributed by atoms with van der Waals surface area (Å²) in [6, 6.07) is 7.59. The van der Waals surface area contributed by atoms with Crippen LogP contribution in [0.25, 0.3) is 0 Å². The average molecular weight is 264 g/mol. The lowest BCUT2D eigenvalue weighted by molar-refractivity contribution is 0.0832. The SMILES string of the molecule is COCC1CCCN(CCOc2cccc(N)c2)C1. The van der Waals surface area contributed by atoms with Gasteiger partial charge in [-0.2, -0.15) is 0 Å². The third-order valence-corrected chi connectivity index (χ3v) is 3.54. The van der Waals surface area contributed by atoms with E-state index in [4.69, 9.17) is 15.2 Å². The molecule has 0 aliphatic carbocycles. The van der Waals surface area contributed by atoms with Crippen LogP contribution in [0.3, 0.4) is 0 Å². The molecule has 1 saturated heterocycles. The highest BCUT2D eigenvalue weighted by atomic mass is 16.5. The minimum absolute atomic E-state index is 0.672. The number of nitrogens with zero attached hydrogens (tertiary/aromatic N) is 1. The Morgan fingerprint density at radius 3 is 3.11 bits per heavy atom. The van der Waals surface area contributed by atoms with Crippen molar-refractivity contribution in [2.24, 2.45) is 5.92 Å². The van der Waals surface area contributed by atoms with E-state index >= 15 is 0 Å². The van der Waals surface area contributed by atoms with Crippen molar-refractivity contribution in [1.29, 1.82) is 0 Å². The van der Waals surface area contributed by atoms with Crippen molar-refractivity contribution in [3.63, 3.8) is 0 Å². The maximum absolute atomic E-state index is 5.73. The molecule has 1 aromatic rings. The zero-order chi connectivity index (χ0) is 13.5. The van der Waals surface area contributed by atoms with Gasteiger partial charge in [-0.1, -0.05) is 6.07 Å². The highest BCUT2D eigenvalue weighted by Crippen LogP contribution is 2.17. The number of piperidine rings is 1. The van der Waals surface area contributed by atoms with Crippen LogP contribution in [0, 0.1) is 5.92 Å². The maximum atomic E-state index is 5.73. The van der Waals surface area contributed by atoms with Crippen LogP contribution in [0.2, 0.25) is 0 Å². The number of nitrogens with two attached hydrogens (primary N) is 1. The van der Waals surface area contributed by atoms with Gasteiger partial charge in [0.15, 0.2) is 0 Å². The first-order chi connectivity index (χ1) is 9.28. The third kappa shape index (κ3) is 4.73. The van der Waals surface area contributed by atoms with Crippen molar-refractivity contribution in [2.45, 2.75) is 12.8 Å². The van der Waals surface area contributed by atoms with Gasteiger partial charge in [0.05, 0.1) is 6.61 Å². The van der Waals surface area contributed by atoms with Gasteiger partial charge in [-0.25, -0.2) is 0 Å². The zero-order valence-corrected chi connectivity index (χ0v) is 11.7. The second-order valence-corrected chi connectivity index (χ2v) is 5.19. The van der Waals surface area contributed by atoms with Crippen molar-refractivity contribution in [3.05, 3.63) is 24.3 Å². The number of methoxy groups -OCH3 is 1. The van der Waals surface area contributed by atoms with Crippen LogP contribution in [-0.2, 0) is 4.74 Å². The molecule has 19 heavy (non-hydrogen) atoms. The molecule has 0 saturated carbocycles. The molecule has 4 nitrogen and oxygen atoms in total. The van der Waals surface area contributed by atoms with Gasteiger partial charge in [0, 0.05) is 32.0 Å². The summed E-state index contributed by atoms with van der Waals surface area (Å²) in [5, 5.41) is 0. The predicted molar refractivity (Wildman–Crippen MR) is 77.4 cm³/mol. The monoisotopic (exact) mass is 264 g/mol. The van der Waals surface area contributed by atoms with Crippen LogP contribution in [0.5, 0.6) is 5.75 Å². The molecule has 4 heteroatoms. The summed E-state index contributed by atoms with van der Waals surface area (Å²) in [4.78, 5) is 2.46. The number of ether oxygens (including phenoxy) is 2. The molecule has 1 aliphatic heterocycles. The normalized spacial score (nSPS) is 20.4. The Morgan fingerprint density at radius 2 is 2.32 bits per heavy atom. The van der Waals surface area contributed by atoms with E-state index in [0.717, 1.165) is 31.1 Å². The first kappa shape index (κ1) is 14.2. The largest absolute Gasteiger partial charge is 0.492 e. The Kier molecular flexibility index (Phi) is 5.48. The summed E-state index contributed by atoms with van der Waals surface area (Å²) in [5.74, 6) is 1.52. The molecule has 2 N–H and O–H groups in total.